The normalized spacial score (nSPS) is 15.2. The van der Waals surface area contributed by atoms with Crippen LogP contribution >= 0.6 is 35.4 Å². The van der Waals surface area contributed by atoms with Crippen LogP contribution in [0.3, 0.4) is 0 Å². The van der Waals surface area contributed by atoms with Crippen molar-refractivity contribution >= 4 is 52.0 Å². The molecule has 3 aromatic carbocycles. The summed E-state index contributed by atoms with van der Waals surface area (Å²) in [4.78, 5) is 21.1. The van der Waals surface area contributed by atoms with E-state index in [1.165, 1.54) is 0 Å². The van der Waals surface area contributed by atoms with Gasteiger partial charge in [-0.1, -0.05) is 65.7 Å². The number of rotatable bonds is 7. The second-order valence-corrected chi connectivity index (χ2v) is 10.6. The number of halogens is 2. The van der Waals surface area contributed by atoms with E-state index in [0.717, 1.165) is 39.7 Å². The van der Waals surface area contributed by atoms with Crippen LogP contribution < -0.4 is 5.56 Å². The zero-order valence-electron chi connectivity index (χ0n) is 20.7. The maximum Gasteiger partial charge on any atom is 0.314 e. The number of fused-ring (bicyclic) bond motifs is 1. The van der Waals surface area contributed by atoms with Crippen molar-refractivity contribution in [1.82, 2.24) is 20.1 Å². The fourth-order valence-electron chi connectivity index (χ4n) is 5.10. The predicted molar refractivity (Wildman–Crippen MR) is 157 cm³/mol. The summed E-state index contributed by atoms with van der Waals surface area (Å²) in [6.07, 6.45) is 1.98. The van der Waals surface area contributed by atoms with E-state index in [-0.39, 0.29) is 16.4 Å². The number of benzene rings is 3. The molecular weight excluding hydrogens is 553 g/mol. The summed E-state index contributed by atoms with van der Waals surface area (Å²) in [6, 6.07) is 23.1. The highest BCUT2D eigenvalue weighted by molar-refractivity contribution is 7.71. The Balaban J connectivity index is 1.43. The SMILES string of the molecule is O=c1[nH]c2ccccc2c(-c2ccc(Cl)cc2)c1C1=NN(CCCc2nc(=S)o[nH]2)[C@H](c2ccc(Cl)cc2)C1. The lowest BCUT2D eigenvalue weighted by molar-refractivity contribution is 0.230. The van der Waals surface area contributed by atoms with Gasteiger partial charge < -0.3 is 9.51 Å². The van der Waals surface area contributed by atoms with Gasteiger partial charge in [0.15, 0.2) is 0 Å². The van der Waals surface area contributed by atoms with Gasteiger partial charge in [-0.25, -0.2) is 5.16 Å². The quantitative estimate of drug-likeness (QED) is 0.198. The largest absolute Gasteiger partial charge is 0.348 e. The summed E-state index contributed by atoms with van der Waals surface area (Å²) < 4.78 is 5.05. The molecule has 0 spiro atoms. The number of para-hydroxylation sites is 1. The van der Waals surface area contributed by atoms with E-state index in [1.54, 1.807) is 0 Å². The molecule has 5 aromatic rings. The van der Waals surface area contributed by atoms with Gasteiger partial charge in [0.05, 0.1) is 17.3 Å². The summed E-state index contributed by atoms with van der Waals surface area (Å²) >= 11 is 17.4. The molecule has 196 valence electrons. The van der Waals surface area contributed by atoms with Crippen LogP contribution in [-0.2, 0) is 6.42 Å². The molecule has 1 aliphatic rings. The van der Waals surface area contributed by atoms with Gasteiger partial charge in [0, 0.05) is 45.9 Å². The number of aromatic amines is 2. The summed E-state index contributed by atoms with van der Waals surface area (Å²) in [5.41, 5.74) is 4.71. The molecule has 1 atom stereocenters. The number of hydrazone groups is 1. The van der Waals surface area contributed by atoms with Crippen LogP contribution in [-0.4, -0.2) is 32.4 Å². The lowest BCUT2D eigenvalue weighted by atomic mass is 9.91. The molecular formula is C29H23Cl2N5O2S. The van der Waals surface area contributed by atoms with Crippen LogP contribution in [0.1, 0.15) is 35.8 Å². The minimum atomic E-state index is -0.177. The van der Waals surface area contributed by atoms with Gasteiger partial charge in [0.2, 0.25) is 0 Å². The highest BCUT2D eigenvalue weighted by Crippen LogP contribution is 2.37. The van der Waals surface area contributed by atoms with Gasteiger partial charge in [0.25, 0.3) is 5.56 Å². The molecule has 7 nitrogen and oxygen atoms in total. The first-order valence-electron chi connectivity index (χ1n) is 12.5. The Morgan fingerprint density at radius 2 is 1.69 bits per heavy atom. The standard InChI is InChI=1S/C29H23Cl2N5O2S/c30-19-11-7-17(8-12-19)24-16-23(34-36(24)15-3-6-25-33-29(39)38-35-25)27-26(18-9-13-20(31)14-10-18)21-4-1-2-5-22(21)32-28(27)37/h1-2,4-5,7-14,24H,3,6,15-16H2,(H,32,37)(H,33,35,39)/t24-/m0/s1. The molecule has 2 N–H and O–H groups in total. The first-order valence-corrected chi connectivity index (χ1v) is 13.7. The molecule has 0 saturated heterocycles. The van der Waals surface area contributed by atoms with Crippen molar-refractivity contribution in [2.75, 3.05) is 6.54 Å². The molecule has 0 unspecified atom stereocenters. The summed E-state index contributed by atoms with van der Waals surface area (Å²) in [5, 5.41) is 12.1. The van der Waals surface area contributed by atoms with E-state index in [4.69, 9.17) is 45.0 Å². The van der Waals surface area contributed by atoms with Crippen molar-refractivity contribution < 1.29 is 4.52 Å². The fourth-order valence-corrected chi connectivity index (χ4v) is 5.50. The van der Waals surface area contributed by atoms with Gasteiger partial charge in [-0.3, -0.25) is 9.80 Å². The Bertz CT molecular complexity index is 1790. The summed E-state index contributed by atoms with van der Waals surface area (Å²) in [7, 11) is 0. The molecule has 3 heterocycles. The van der Waals surface area contributed by atoms with Gasteiger partial charge in [0.1, 0.15) is 5.82 Å². The summed E-state index contributed by atoms with van der Waals surface area (Å²) in [5.74, 6) is 0.697. The smallest absolute Gasteiger partial charge is 0.314 e. The van der Waals surface area contributed by atoms with Crippen molar-refractivity contribution in [1.29, 1.82) is 0 Å². The Kier molecular flexibility index (Phi) is 7.08. The minimum absolute atomic E-state index is 0.0583. The average molecular weight is 577 g/mol. The molecule has 0 amide bonds. The number of H-pyrrole nitrogens is 2. The number of nitrogens with zero attached hydrogens (tertiary/aromatic N) is 3. The zero-order chi connectivity index (χ0) is 26.9. The van der Waals surface area contributed by atoms with Crippen molar-refractivity contribution in [3.05, 3.63) is 115 Å². The van der Waals surface area contributed by atoms with Crippen LogP contribution in [0.25, 0.3) is 22.0 Å². The lowest BCUT2D eigenvalue weighted by Gasteiger charge is -2.23. The lowest BCUT2D eigenvalue weighted by Crippen LogP contribution is -2.21. The molecule has 10 heteroatoms. The third-order valence-electron chi connectivity index (χ3n) is 6.88. The number of hydrogen-bond donors (Lipinski definition) is 2. The van der Waals surface area contributed by atoms with Crippen LogP contribution in [0.4, 0.5) is 0 Å². The van der Waals surface area contributed by atoms with E-state index in [9.17, 15) is 4.79 Å². The maximum absolute atomic E-state index is 13.6. The van der Waals surface area contributed by atoms with Gasteiger partial charge in [-0.15, -0.1) is 0 Å². The van der Waals surface area contributed by atoms with Crippen molar-refractivity contribution in [3.63, 3.8) is 0 Å². The van der Waals surface area contributed by atoms with E-state index in [0.29, 0.717) is 40.8 Å². The van der Waals surface area contributed by atoms with Crippen LogP contribution in [0.2, 0.25) is 10.0 Å². The summed E-state index contributed by atoms with van der Waals surface area (Å²) in [6.45, 7) is 0.645. The van der Waals surface area contributed by atoms with Crippen molar-refractivity contribution in [3.8, 4) is 11.1 Å². The molecule has 39 heavy (non-hydrogen) atoms. The van der Waals surface area contributed by atoms with Crippen LogP contribution in [0.5, 0.6) is 0 Å². The Morgan fingerprint density at radius 1 is 0.974 bits per heavy atom. The minimum Gasteiger partial charge on any atom is -0.348 e. The van der Waals surface area contributed by atoms with Crippen LogP contribution in [0.15, 0.2) is 87.2 Å². The molecule has 1 aliphatic heterocycles. The molecule has 0 radical (unpaired) electrons. The first-order chi connectivity index (χ1) is 19.0. The second-order valence-electron chi connectivity index (χ2n) is 9.37. The van der Waals surface area contributed by atoms with E-state index >= 15 is 0 Å². The average Bonchev–Trinajstić information content (AvgIpc) is 3.55. The highest BCUT2D eigenvalue weighted by atomic mass is 35.5. The third kappa shape index (κ3) is 5.28. The molecule has 0 saturated carbocycles. The molecule has 6 rings (SSSR count). The number of hydrogen-bond acceptors (Lipinski definition) is 6. The van der Waals surface area contributed by atoms with E-state index < -0.39 is 0 Å². The Labute approximate surface area is 239 Å². The molecule has 2 aromatic heterocycles. The van der Waals surface area contributed by atoms with Crippen LogP contribution in [0, 0.1) is 4.84 Å². The number of nitrogens with one attached hydrogen (secondary N) is 2. The predicted octanol–water partition coefficient (Wildman–Crippen LogP) is 7.33. The van der Waals surface area contributed by atoms with Gasteiger partial charge >= 0.3 is 4.84 Å². The second kappa shape index (κ2) is 10.8. The zero-order valence-corrected chi connectivity index (χ0v) is 23.0. The molecule has 0 bridgehead atoms. The highest BCUT2D eigenvalue weighted by Gasteiger charge is 2.32. The maximum atomic E-state index is 13.6. The van der Waals surface area contributed by atoms with E-state index in [2.05, 4.69) is 15.1 Å². The number of aromatic nitrogens is 3. The van der Waals surface area contributed by atoms with Crippen molar-refractivity contribution in [2.45, 2.75) is 25.3 Å². The van der Waals surface area contributed by atoms with E-state index in [1.807, 2.05) is 77.8 Å². The Hall–Kier alpha value is -3.72. The topological polar surface area (TPSA) is 90.3 Å². The molecule has 0 aliphatic carbocycles. The Morgan fingerprint density at radius 3 is 2.41 bits per heavy atom. The van der Waals surface area contributed by atoms with Gasteiger partial charge in [-0.2, -0.15) is 10.1 Å². The van der Waals surface area contributed by atoms with Crippen molar-refractivity contribution in [2.24, 2.45) is 5.10 Å². The third-order valence-corrected chi connectivity index (χ3v) is 7.56. The number of aryl methyl sites for hydroxylation is 1. The van der Waals surface area contributed by atoms with Gasteiger partial charge in [-0.05, 0) is 60.1 Å². The fraction of sp³-hybridized carbons (Fsp3) is 0.172. The monoisotopic (exact) mass is 575 g/mol. The number of pyridine rings is 1. The molecule has 0 fully saturated rings. The first kappa shape index (κ1) is 25.6.